The summed E-state index contributed by atoms with van der Waals surface area (Å²) in [7, 11) is 1.38. The van der Waals surface area contributed by atoms with E-state index in [1.165, 1.54) is 31.4 Å². The van der Waals surface area contributed by atoms with E-state index in [1.54, 1.807) is 0 Å². The van der Waals surface area contributed by atoms with Crippen LogP contribution in [0.3, 0.4) is 0 Å². The Hall–Kier alpha value is -2.33. The lowest BCUT2D eigenvalue weighted by atomic mass is 9.99. The van der Waals surface area contributed by atoms with Crippen molar-refractivity contribution in [1.82, 2.24) is 0 Å². The summed E-state index contributed by atoms with van der Waals surface area (Å²) in [6, 6.07) is 5.67. The third-order valence-electron chi connectivity index (χ3n) is 5.70. The number of benzene rings is 1. The van der Waals surface area contributed by atoms with Crippen molar-refractivity contribution < 1.29 is 58.7 Å². The van der Waals surface area contributed by atoms with E-state index in [-0.39, 0.29) is 23.7 Å². The molecule has 4 rings (SSSR count). The van der Waals surface area contributed by atoms with Gasteiger partial charge in [-0.15, -0.1) is 0 Å². The Morgan fingerprint density at radius 3 is 2.38 bits per heavy atom. The van der Waals surface area contributed by atoms with Gasteiger partial charge in [0, 0.05) is 17.5 Å². The van der Waals surface area contributed by atoms with Gasteiger partial charge in [0.2, 0.25) is 6.29 Å². The number of hydrogen-bond acceptors (Lipinski definition) is 13. The van der Waals surface area contributed by atoms with Crippen LogP contribution in [0.15, 0.2) is 33.5 Å². The van der Waals surface area contributed by atoms with Gasteiger partial charge in [0.05, 0.1) is 20.3 Å². The maximum Gasteiger partial charge on any atom is 0.336 e. The second-order valence-electron chi connectivity index (χ2n) is 8.01. The van der Waals surface area contributed by atoms with Crippen LogP contribution < -0.4 is 15.1 Å². The van der Waals surface area contributed by atoms with Crippen LogP contribution in [0, 0.1) is 0 Å². The van der Waals surface area contributed by atoms with Crippen LogP contribution in [-0.2, 0) is 14.2 Å². The highest BCUT2D eigenvalue weighted by molar-refractivity contribution is 5.80. The Morgan fingerprint density at radius 2 is 1.65 bits per heavy atom. The van der Waals surface area contributed by atoms with E-state index in [2.05, 4.69) is 0 Å². The smallest absolute Gasteiger partial charge is 0.336 e. The van der Waals surface area contributed by atoms with Gasteiger partial charge in [-0.05, 0) is 12.1 Å². The summed E-state index contributed by atoms with van der Waals surface area (Å²) in [5, 5.41) is 60.8. The number of methoxy groups -OCH3 is 1. The summed E-state index contributed by atoms with van der Waals surface area (Å²) in [5.74, 6) is 0.247. The van der Waals surface area contributed by atoms with Crippen molar-refractivity contribution in [1.29, 1.82) is 0 Å². The lowest BCUT2D eigenvalue weighted by Crippen LogP contribution is -2.61. The summed E-state index contributed by atoms with van der Waals surface area (Å²) < 4.78 is 32.2. The largest absolute Gasteiger partial charge is 0.493 e. The summed E-state index contributed by atoms with van der Waals surface area (Å²) in [6.07, 6.45) is -13.4. The van der Waals surface area contributed by atoms with E-state index in [9.17, 15) is 35.4 Å². The Balaban J connectivity index is 1.49. The third-order valence-corrected chi connectivity index (χ3v) is 5.70. The van der Waals surface area contributed by atoms with Crippen molar-refractivity contribution in [2.24, 2.45) is 0 Å². The van der Waals surface area contributed by atoms with Gasteiger partial charge < -0.3 is 58.7 Å². The molecule has 2 aliphatic rings. The molecule has 0 unspecified atom stereocenters. The molecule has 13 heteroatoms. The fourth-order valence-corrected chi connectivity index (χ4v) is 3.72. The van der Waals surface area contributed by atoms with Gasteiger partial charge in [0.25, 0.3) is 0 Å². The monoisotopic (exact) mass is 486 g/mol. The van der Waals surface area contributed by atoms with Gasteiger partial charge in [0.1, 0.15) is 48.3 Å². The van der Waals surface area contributed by atoms with Crippen LogP contribution in [-0.4, -0.2) is 106 Å². The molecule has 6 N–H and O–H groups in total. The van der Waals surface area contributed by atoms with E-state index in [0.717, 1.165) is 0 Å². The molecule has 2 fully saturated rings. The number of fused-ring (bicyclic) bond motifs is 1. The maximum atomic E-state index is 11.5. The van der Waals surface area contributed by atoms with Crippen molar-refractivity contribution in [2.75, 3.05) is 20.3 Å². The quantitative estimate of drug-likeness (QED) is 0.233. The zero-order valence-corrected chi connectivity index (χ0v) is 18.0. The number of aliphatic hydroxyl groups is 6. The molecule has 0 amide bonds. The van der Waals surface area contributed by atoms with Crippen LogP contribution in [0.2, 0.25) is 0 Å². The number of rotatable bonds is 6. The number of aliphatic hydroxyl groups excluding tert-OH is 6. The molecule has 0 saturated carbocycles. The van der Waals surface area contributed by atoms with E-state index in [1.807, 2.05) is 0 Å². The van der Waals surface area contributed by atoms with Crippen molar-refractivity contribution in [3.8, 4) is 11.5 Å². The fraction of sp³-hybridized carbons (Fsp3) is 0.571. The maximum absolute atomic E-state index is 11.5. The standard InChI is InChI=1S/C21H26O13/c1-29-11-4-8-2-3-14(23)32-10(8)5-12(11)33-21-19(28)17(26)16(25)13(34-21)7-31-20-18(27)15(24)9(22)6-30-20/h2-5,9,13,15-22,24-28H,6-7H2,1H3/t9-,13-,15-,16-,17-,18+,19-,20-,21-/m0/s1. The lowest BCUT2D eigenvalue weighted by molar-refractivity contribution is -0.307. The molecule has 0 bridgehead atoms. The molecule has 0 spiro atoms. The molecule has 3 heterocycles. The first-order chi connectivity index (χ1) is 16.2. The van der Waals surface area contributed by atoms with Crippen molar-refractivity contribution in [3.63, 3.8) is 0 Å². The van der Waals surface area contributed by atoms with Gasteiger partial charge in [-0.25, -0.2) is 4.79 Å². The average Bonchev–Trinajstić information content (AvgIpc) is 2.82. The molecule has 2 saturated heterocycles. The number of ether oxygens (including phenoxy) is 5. The van der Waals surface area contributed by atoms with Gasteiger partial charge in [-0.3, -0.25) is 0 Å². The molecule has 1 aromatic carbocycles. The topological polar surface area (TPSA) is 198 Å². The van der Waals surface area contributed by atoms with Crippen molar-refractivity contribution in [2.45, 2.75) is 55.3 Å². The van der Waals surface area contributed by atoms with Crippen molar-refractivity contribution in [3.05, 3.63) is 34.7 Å². The molecule has 1 aromatic heterocycles. The van der Waals surface area contributed by atoms with Gasteiger partial charge >= 0.3 is 5.63 Å². The Morgan fingerprint density at radius 1 is 0.912 bits per heavy atom. The van der Waals surface area contributed by atoms with Crippen LogP contribution in [0.25, 0.3) is 11.0 Å². The van der Waals surface area contributed by atoms with E-state index >= 15 is 0 Å². The molecular weight excluding hydrogens is 460 g/mol. The van der Waals surface area contributed by atoms with Crippen LogP contribution in [0.4, 0.5) is 0 Å². The molecule has 9 atom stereocenters. The minimum atomic E-state index is -1.69. The summed E-state index contributed by atoms with van der Waals surface area (Å²) >= 11 is 0. The second kappa shape index (κ2) is 10.1. The molecule has 2 aliphatic heterocycles. The first-order valence-electron chi connectivity index (χ1n) is 10.4. The van der Waals surface area contributed by atoms with E-state index in [4.69, 9.17) is 28.1 Å². The second-order valence-corrected chi connectivity index (χ2v) is 8.01. The predicted molar refractivity (Wildman–Crippen MR) is 110 cm³/mol. The molecule has 2 aromatic rings. The van der Waals surface area contributed by atoms with Crippen LogP contribution in [0.1, 0.15) is 0 Å². The minimum absolute atomic E-state index is 0.0276. The Labute approximate surface area is 192 Å². The zero-order chi connectivity index (χ0) is 24.6. The molecule has 0 aliphatic carbocycles. The molecule has 188 valence electrons. The third kappa shape index (κ3) is 4.88. The molecule has 0 radical (unpaired) electrons. The van der Waals surface area contributed by atoms with Crippen LogP contribution in [0.5, 0.6) is 11.5 Å². The first-order valence-corrected chi connectivity index (χ1v) is 10.4. The van der Waals surface area contributed by atoms with Crippen LogP contribution >= 0.6 is 0 Å². The molecule has 34 heavy (non-hydrogen) atoms. The van der Waals surface area contributed by atoms with E-state index < -0.39 is 67.5 Å². The van der Waals surface area contributed by atoms with Crippen molar-refractivity contribution >= 4 is 11.0 Å². The molecular formula is C21H26O13. The van der Waals surface area contributed by atoms with Gasteiger partial charge in [0.15, 0.2) is 17.8 Å². The Kier molecular flexibility index (Phi) is 7.37. The highest BCUT2D eigenvalue weighted by Crippen LogP contribution is 2.34. The highest BCUT2D eigenvalue weighted by Gasteiger charge is 2.46. The molecule has 13 nitrogen and oxygen atoms in total. The van der Waals surface area contributed by atoms with E-state index in [0.29, 0.717) is 5.39 Å². The highest BCUT2D eigenvalue weighted by atomic mass is 16.7. The lowest BCUT2D eigenvalue weighted by Gasteiger charge is -2.41. The summed E-state index contributed by atoms with van der Waals surface area (Å²) in [6.45, 7) is -0.721. The first kappa shape index (κ1) is 24.8. The predicted octanol–water partition coefficient (Wildman–Crippen LogP) is -2.56. The van der Waals surface area contributed by atoms with Gasteiger partial charge in [-0.1, -0.05) is 0 Å². The normalized spacial score (nSPS) is 36.4. The number of hydrogen-bond donors (Lipinski definition) is 6. The fourth-order valence-electron chi connectivity index (χ4n) is 3.72. The van der Waals surface area contributed by atoms with Gasteiger partial charge in [-0.2, -0.15) is 0 Å². The summed E-state index contributed by atoms with van der Waals surface area (Å²) in [4.78, 5) is 11.5. The SMILES string of the molecule is COc1cc2ccc(=O)oc2cc1O[C@H]1O[C@@H](CO[C@@H]2OC[C@H](O)[C@H](O)[C@H]2O)[C@H](O)[C@H](O)[C@@H]1O. The zero-order valence-electron chi connectivity index (χ0n) is 18.0. The Bertz CT molecular complexity index is 1040. The summed E-state index contributed by atoms with van der Waals surface area (Å²) in [5.41, 5.74) is -0.406. The average molecular weight is 486 g/mol. The minimum Gasteiger partial charge on any atom is -0.493 e.